The van der Waals surface area contributed by atoms with Gasteiger partial charge in [-0.3, -0.25) is 4.79 Å². The lowest BCUT2D eigenvalue weighted by atomic mass is 9.91. The molecule has 5 heteroatoms. The third-order valence-corrected chi connectivity index (χ3v) is 5.71. The lowest BCUT2D eigenvalue weighted by Gasteiger charge is -2.34. The Labute approximate surface area is 136 Å². The van der Waals surface area contributed by atoms with E-state index in [0.717, 1.165) is 37.9 Å². The maximum Gasteiger partial charge on any atom is 0.226 e. The zero-order chi connectivity index (χ0) is 15.9. The summed E-state index contributed by atoms with van der Waals surface area (Å²) in [7, 11) is 0. The van der Waals surface area contributed by atoms with Crippen LogP contribution in [0.15, 0.2) is 24.3 Å². The summed E-state index contributed by atoms with van der Waals surface area (Å²) in [4.78, 5) is 14.8. The number of amides is 1. The van der Waals surface area contributed by atoms with Gasteiger partial charge in [-0.15, -0.1) is 0 Å². The molecule has 1 aromatic carbocycles. The van der Waals surface area contributed by atoms with Crippen LogP contribution in [0.25, 0.3) is 0 Å². The van der Waals surface area contributed by atoms with Crippen molar-refractivity contribution < 1.29 is 13.9 Å². The van der Waals surface area contributed by atoms with E-state index < -0.39 is 0 Å². The average molecular weight is 318 g/mol. The zero-order valence-corrected chi connectivity index (χ0v) is 13.3. The number of halogens is 1. The zero-order valence-electron chi connectivity index (χ0n) is 13.3. The molecule has 0 bridgehead atoms. The third kappa shape index (κ3) is 2.88. The Balaban J connectivity index is 1.41. The fourth-order valence-corrected chi connectivity index (χ4v) is 4.12. The number of piperidine rings is 1. The van der Waals surface area contributed by atoms with Crippen LogP contribution in [0.5, 0.6) is 0 Å². The summed E-state index contributed by atoms with van der Waals surface area (Å²) in [5.41, 5.74) is 1.21. The normalized spacial score (nSPS) is 29.5. The summed E-state index contributed by atoms with van der Waals surface area (Å²) in [6, 6.07) is 6.40. The van der Waals surface area contributed by atoms with Crippen molar-refractivity contribution in [2.75, 3.05) is 32.8 Å². The van der Waals surface area contributed by atoms with Crippen molar-refractivity contribution in [2.24, 2.45) is 11.3 Å². The standard InChI is InChI=1S/C18H23FN2O2/c19-14-3-1-13(2-4-14)16-12-21(9-10-23-16)17(22)15-11-18(15)5-7-20-8-6-18/h1-4,15-16,20H,5-12H2. The van der Waals surface area contributed by atoms with Gasteiger partial charge in [0.15, 0.2) is 0 Å². The molecule has 124 valence electrons. The molecule has 23 heavy (non-hydrogen) atoms. The van der Waals surface area contributed by atoms with Crippen molar-refractivity contribution in [3.05, 3.63) is 35.6 Å². The van der Waals surface area contributed by atoms with Crippen LogP contribution in [0.4, 0.5) is 4.39 Å². The van der Waals surface area contributed by atoms with Gasteiger partial charge in [-0.25, -0.2) is 4.39 Å². The Morgan fingerprint density at radius 3 is 2.74 bits per heavy atom. The largest absolute Gasteiger partial charge is 0.370 e. The molecule has 2 saturated heterocycles. The highest BCUT2D eigenvalue weighted by Gasteiger charge is 2.58. The van der Waals surface area contributed by atoms with Crippen LogP contribution in [-0.2, 0) is 9.53 Å². The average Bonchev–Trinajstić information content (AvgIpc) is 3.28. The Bertz CT molecular complexity index is 583. The number of nitrogens with one attached hydrogen (secondary N) is 1. The molecule has 1 saturated carbocycles. The lowest BCUT2D eigenvalue weighted by Crippen LogP contribution is -2.44. The molecule has 4 nitrogen and oxygen atoms in total. The maximum atomic E-state index is 13.1. The number of morpholine rings is 1. The molecule has 0 aromatic heterocycles. The predicted molar refractivity (Wildman–Crippen MR) is 84.3 cm³/mol. The van der Waals surface area contributed by atoms with Crippen LogP contribution >= 0.6 is 0 Å². The van der Waals surface area contributed by atoms with Gasteiger partial charge in [-0.2, -0.15) is 0 Å². The SMILES string of the molecule is O=C(C1CC12CCNCC2)N1CCOC(c2ccc(F)cc2)C1. The highest BCUT2D eigenvalue weighted by molar-refractivity contribution is 5.83. The number of nitrogens with zero attached hydrogens (tertiary/aromatic N) is 1. The minimum Gasteiger partial charge on any atom is -0.370 e. The molecular formula is C18H23FN2O2. The van der Waals surface area contributed by atoms with E-state index in [9.17, 15) is 9.18 Å². The van der Waals surface area contributed by atoms with Gasteiger partial charge < -0.3 is 15.0 Å². The number of carbonyl (C=O) groups is 1. The van der Waals surface area contributed by atoms with Crippen LogP contribution < -0.4 is 5.32 Å². The quantitative estimate of drug-likeness (QED) is 0.908. The van der Waals surface area contributed by atoms with Crippen molar-refractivity contribution in [3.8, 4) is 0 Å². The van der Waals surface area contributed by atoms with Gasteiger partial charge in [0.1, 0.15) is 11.9 Å². The Morgan fingerprint density at radius 1 is 1.26 bits per heavy atom. The molecule has 2 aliphatic heterocycles. The summed E-state index contributed by atoms with van der Waals surface area (Å²) in [6.07, 6.45) is 3.15. The molecule has 1 aliphatic carbocycles. The van der Waals surface area contributed by atoms with Gasteiger partial charge in [0.05, 0.1) is 13.2 Å². The van der Waals surface area contributed by atoms with E-state index in [2.05, 4.69) is 5.32 Å². The van der Waals surface area contributed by atoms with Crippen molar-refractivity contribution in [3.63, 3.8) is 0 Å². The first kappa shape index (κ1) is 15.1. The summed E-state index contributed by atoms with van der Waals surface area (Å²) >= 11 is 0. The number of carbonyl (C=O) groups excluding carboxylic acids is 1. The minimum atomic E-state index is -0.247. The van der Waals surface area contributed by atoms with Crippen molar-refractivity contribution in [1.29, 1.82) is 0 Å². The topological polar surface area (TPSA) is 41.6 Å². The molecule has 1 amide bonds. The minimum absolute atomic E-state index is 0.143. The fraction of sp³-hybridized carbons (Fsp3) is 0.611. The number of rotatable bonds is 2. The van der Waals surface area contributed by atoms with E-state index in [4.69, 9.17) is 4.74 Å². The second kappa shape index (κ2) is 5.87. The van der Waals surface area contributed by atoms with E-state index in [1.165, 1.54) is 12.1 Å². The molecule has 2 atom stereocenters. The first-order chi connectivity index (χ1) is 11.2. The second-order valence-corrected chi connectivity index (χ2v) is 7.06. The third-order valence-electron chi connectivity index (χ3n) is 5.71. The molecule has 2 heterocycles. The van der Waals surface area contributed by atoms with Crippen LogP contribution in [0.2, 0.25) is 0 Å². The second-order valence-electron chi connectivity index (χ2n) is 7.06. The molecule has 0 radical (unpaired) electrons. The van der Waals surface area contributed by atoms with Gasteiger partial charge in [-0.05, 0) is 55.5 Å². The van der Waals surface area contributed by atoms with Gasteiger partial charge in [0, 0.05) is 12.5 Å². The molecule has 3 fully saturated rings. The molecule has 1 aromatic rings. The molecule has 3 aliphatic rings. The smallest absolute Gasteiger partial charge is 0.226 e. The highest BCUT2D eigenvalue weighted by Crippen LogP contribution is 2.59. The maximum absolute atomic E-state index is 13.1. The number of hydrogen-bond donors (Lipinski definition) is 1. The van der Waals surface area contributed by atoms with E-state index >= 15 is 0 Å². The summed E-state index contributed by atoms with van der Waals surface area (Å²) in [6.45, 7) is 3.86. The number of benzene rings is 1. The van der Waals surface area contributed by atoms with Gasteiger partial charge >= 0.3 is 0 Å². The van der Waals surface area contributed by atoms with E-state index in [1.54, 1.807) is 12.1 Å². The summed E-state index contributed by atoms with van der Waals surface area (Å²) < 4.78 is 18.9. The first-order valence-corrected chi connectivity index (χ1v) is 8.55. The van der Waals surface area contributed by atoms with Crippen LogP contribution in [0.1, 0.15) is 30.9 Å². The lowest BCUT2D eigenvalue weighted by molar-refractivity contribution is -0.141. The fourth-order valence-electron chi connectivity index (χ4n) is 4.12. The number of ether oxygens (including phenoxy) is 1. The molecule has 2 unspecified atom stereocenters. The van der Waals surface area contributed by atoms with Gasteiger partial charge in [0.2, 0.25) is 5.91 Å². The Kier molecular flexibility index (Phi) is 3.85. The van der Waals surface area contributed by atoms with E-state index in [1.807, 2.05) is 4.90 Å². The first-order valence-electron chi connectivity index (χ1n) is 8.55. The van der Waals surface area contributed by atoms with Crippen LogP contribution in [0.3, 0.4) is 0 Å². The van der Waals surface area contributed by atoms with Crippen LogP contribution in [0, 0.1) is 17.2 Å². The predicted octanol–water partition coefficient (Wildman–Crippen LogP) is 2.12. The van der Waals surface area contributed by atoms with Crippen LogP contribution in [-0.4, -0.2) is 43.6 Å². The van der Waals surface area contributed by atoms with Crippen molar-refractivity contribution in [2.45, 2.75) is 25.4 Å². The molecule has 1 spiro atoms. The molecule has 4 rings (SSSR count). The molecular weight excluding hydrogens is 295 g/mol. The van der Waals surface area contributed by atoms with Crippen molar-refractivity contribution in [1.82, 2.24) is 10.2 Å². The monoisotopic (exact) mass is 318 g/mol. The van der Waals surface area contributed by atoms with E-state index in [-0.39, 0.29) is 23.3 Å². The Morgan fingerprint density at radius 2 is 2.00 bits per heavy atom. The summed E-state index contributed by atoms with van der Waals surface area (Å²) in [5, 5.41) is 3.38. The van der Waals surface area contributed by atoms with Gasteiger partial charge in [0.25, 0.3) is 0 Å². The molecule has 1 N–H and O–H groups in total. The number of hydrogen-bond acceptors (Lipinski definition) is 3. The Hall–Kier alpha value is -1.46. The summed E-state index contributed by atoms with van der Waals surface area (Å²) in [5.74, 6) is 0.252. The highest BCUT2D eigenvalue weighted by atomic mass is 19.1. The van der Waals surface area contributed by atoms with E-state index in [0.29, 0.717) is 25.6 Å². The van der Waals surface area contributed by atoms with Crippen molar-refractivity contribution >= 4 is 5.91 Å². The van der Waals surface area contributed by atoms with Gasteiger partial charge in [-0.1, -0.05) is 12.1 Å².